The second-order valence-electron chi connectivity index (χ2n) is 9.22. The maximum atomic E-state index is 5.99. The number of hydrogen-bond donors (Lipinski definition) is 1. The van der Waals surface area contributed by atoms with Gasteiger partial charge in [-0.2, -0.15) is 0 Å². The van der Waals surface area contributed by atoms with Crippen molar-refractivity contribution in [1.29, 1.82) is 0 Å². The summed E-state index contributed by atoms with van der Waals surface area (Å²) in [5.74, 6) is 1.34. The first-order chi connectivity index (χ1) is 13.4. The van der Waals surface area contributed by atoms with Crippen LogP contribution < -0.4 is 5.32 Å². The highest BCUT2D eigenvalue weighted by Gasteiger charge is 2.40. The van der Waals surface area contributed by atoms with E-state index in [1.807, 2.05) is 6.07 Å². The maximum Gasteiger partial charge on any atom is 0.111 e. The largest absolute Gasteiger partial charge is 0.469 e. The summed E-state index contributed by atoms with van der Waals surface area (Å²) in [6.45, 7) is 8.38. The number of ether oxygens (including phenoxy) is 1. The predicted octanol–water partition coefficient (Wildman–Crippen LogP) is 4.53. The molecule has 0 amide bonds. The zero-order chi connectivity index (χ0) is 20.0. The Kier molecular flexibility index (Phi) is 6.97. The second-order valence-corrected chi connectivity index (χ2v) is 9.22. The molecule has 0 spiro atoms. The molecular weight excluding hydrogens is 348 g/mol. The van der Waals surface area contributed by atoms with Crippen molar-refractivity contribution in [2.24, 2.45) is 5.41 Å². The Labute approximate surface area is 170 Å². The molecular formula is C24H36N2O2. The van der Waals surface area contributed by atoms with E-state index < -0.39 is 0 Å². The van der Waals surface area contributed by atoms with Gasteiger partial charge in [-0.15, -0.1) is 0 Å². The van der Waals surface area contributed by atoms with Gasteiger partial charge in [0, 0.05) is 31.0 Å². The van der Waals surface area contributed by atoms with Gasteiger partial charge in [-0.25, -0.2) is 0 Å². The molecule has 1 saturated heterocycles. The van der Waals surface area contributed by atoms with Crippen LogP contribution >= 0.6 is 0 Å². The molecule has 2 unspecified atom stereocenters. The van der Waals surface area contributed by atoms with Crippen LogP contribution in [-0.2, 0) is 4.74 Å². The first kappa shape index (κ1) is 21.1. The number of rotatable bonds is 9. The predicted molar refractivity (Wildman–Crippen MR) is 115 cm³/mol. The zero-order valence-corrected chi connectivity index (χ0v) is 17.9. The van der Waals surface area contributed by atoms with Crippen LogP contribution in [0.2, 0.25) is 0 Å². The van der Waals surface area contributed by atoms with Crippen LogP contribution in [0.3, 0.4) is 0 Å². The van der Waals surface area contributed by atoms with Gasteiger partial charge in [0.2, 0.25) is 0 Å². The smallest absolute Gasteiger partial charge is 0.111 e. The van der Waals surface area contributed by atoms with Crippen molar-refractivity contribution in [1.82, 2.24) is 10.2 Å². The van der Waals surface area contributed by atoms with E-state index in [4.69, 9.17) is 9.15 Å². The Balaban J connectivity index is 1.61. The molecule has 4 heteroatoms. The van der Waals surface area contributed by atoms with E-state index in [-0.39, 0.29) is 11.0 Å². The first-order valence-electron chi connectivity index (χ1n) is 10.5. The van der Waals surface area contributed by atoms with E-state index in [2.05, 4.69) is 74.6 Å². The van der Waals surface area contributed by atoms with Crippen LogP contribution in [0.5, 0.6) is 0 Å². The van der Waals surface area contributed by atoms with Crippen LogP contribution in [0.15, 0.2) is 53.1 Å². The molecule has 2 heterocycles. The summed E-state index contributed by atoms with van der Waals surface area (Å²) in [4.78, 5) is 2.32. The lowest BCUT2D eigenvalue weighted by molar-refractivity contribution is -0.109. The first-order valence-corrected chi connectivity index (χ1v) is 10.5. The summed E-state index contributed by atoms with van der Waals surface area (Å²) in [5, 5.41) is 3.78. The average Bonchev–Trinajstić information content (AvgIpc) is 3.15. The van der Waals surface area contributed by atoms with Crippen LogP contribution in [0.4, 0.5) is 0 Å². The van der Waals surface area contributed by atoms with Gasteiger partial charge in [-0.1, -0.05) is 30.3 Å². The standard InChI is InChI=1S/C24H36N2O2/c1-23(2)17-24(13-16-28-23,19-26(3)4)18-25-14-12-21(22-11-8-15-27-22)20-9-6-5-7-10-20/h5-11,15,21,25H,12-14,16-19H2,1-4H3. The van der Waals surface area contributed by atoms with Crippen molar-refractivity contribution in [3.63, 3.8) is 0 Å². The Morgan fingerprint density at radius 2 is 1.89 bits per heavy atom. The normalized spacial score (nSPS) is 23.0. The Hall–Kier alpha value is -1.62. The third-order valence-electron chi connectivity index (χ3n) is 5.78. The van der Waals surface area contributed by atoms with Gasteiger partial charge >= 0.3 is 0 Å². The van der Waals surface area contributed by atoms with Crippen molar-refractivity contribution in [3.05, 3.63) is 60.1 Å². The van der Waals surface area contributed by atoms with Gasteiger partial charge < -0.3 is 19.4 Å². The molecule has 154 valence electrons. The minimum absolute atomic E-state index is 0.0450. The van der Waals surface area contributed by atoms with Gasteiger partial charge in [0.1, 0.15) is 5.76 Å². The highest BCUT2D eigenvalue weighted by atomic mass is 16.5. The quantitative estimate of drug-likeness (QED) is 0.645. The van der Waals surface area contributed by atoms with Crippen LogP contribution in [0.1, 0.15) is 50.4 Å². The average molecular weight is 385 g/mol. The fourth-order valence-electron chi connectivity index (χ4n) is 4.85. The Bertz CT molecular complexity index is 697. The van der Waals surface area contributed by atoms with Crippen molar-refractivity contribution in [3.8, 4) is 0 Å². The molecule has 28 heavy (non-hydrogen) atoms. The molecule has 0 bridgehead atoms. The van der Waals surface area contributed by atoms with Gasteiger partial charge in [0.15, 0.2) is 0 Å². The number of furan rings is 1. The topological polar surface area (TPSA) is 37.6 Å². The van der Waals surface area contributed by atoms with Crippen LogP contribution in [0.25, 0.3) is 0 Å². The van der Waals surface area contributed by atoms with Crippen molar-refractivity contribution in [2.45, 2.75) is 44.6 Å². The van der Waals surface area contributed by atoms with E-state index in [1.54, 1.807) is 6.26 Å². The third kappa shape index (κ3) is 5.69. The summed E-state index contributed by atoms with van der Waals surface area (Å²) in [7, 11) is 4.35. The summed E-state index contributed by atoms with van der Waals surface area (Å²) in [6, 6.07) is 14.7. The molecule has 0 saturated carbocycles. The minimum atomic E-state index is -0.0450. The molecule has 4 nitrogen and oxygen atoms in total. The highest BCUT2D eigenvalue weighted by molar-refractivity contribution is 5.27. The molecule has 1 fully saturated rings. The molecule has 3 rings (SSSR count). The van der Waals surface area contributed by atoms with Gasteiger partial charge in [0.05, 0.1) is 11.9 Å². The molecule has 1 aromatic heterocycles. The van der Waals surface area contributed by atoms with Crippen molar-refractivity contribution >= 4 is 0 Å². The molecule has 1 aliphatic heterocycles. The van der Waals surface area contributed by atoms with Crippen LogP contribution in [0, 0.1) is 5.41 Å². The fourth-order valence-corrected chi connectivity index (χ4v) is 4.85. The number of nitrogens with zero attached hydrogens (tertiary/aromatic N) is 1. The third-order valence-corrected chi connectivity index (χ3v) is 5.78. The monoisotopic (exact) mass is 384 g/mol. The van der Waals surface area contributed by atoms with E-state index in [0.717, 1.165) is 51.3 Å². The number of hydrogen-bond acceptors (Lipinski definition) is 4. The number of nitrogens with one attached hydrogen (secondary N) is 1. The lowest BCUT2D eigenvalue weighted by atomic mass is 9.73. The van der Waals surface area contributed by atoms with E-state index in [9.17, 15) is 0 Å². The lowest BCUT2D eigenvalue weighted by Crippen LogP contribution is -2.51. The van der Waals surface area contributed by atoms with Crippen LogP contribution in [-0.4, -0.2) is 50.8 Å². The molecule has 0 radical (unpaired) electrons. The van der Waals surface area contributed by atoms with Gasteiger partial charge in [-0.3, -0.25) is 0 Å². The highest BCUT2D eigenvalue weighted by Crippen LogP contribution is 2.39. The molecule has 0 aliphatic carbocycles. The van der Waals surface area contributed by atoms with E-state index in [0.29, 0.717) is 5.92 Å². The van der Waals surface area contributed by atoms with Crippen molar-refractivity contribution in [2.75, 3.05) is 40.3 Å². The number of benzene rings is 1. The van der Waals surface area contributed by atoms with Crippen molar-refractivity contribution < 1.29 is 9.15 Å². The molecule has 2 aromatic rings. The van der Waals surface area contributed by atoms with E-state index in [1.165, 1.54) is 5.56 Å². The lowest BCUT2D eigenvalue weighted by Gasteiger charge is -2.46. The Morgan fingerprint density at radius 1 is 1.11 bits per heavy atom. The summed E-state index contributed by atoms with van der Waals surface area (Å²) in [5.41, 5.74) is 1.53. The molecule has 1 aromatic carbocycles. The van der Waals surface area contributed by atoms with Gasteiger partial charge in [0.25, 0.3) is 0 Å². The minimum Gasteiger partial charge on any atom is -0.469 e. The van der Waals surface area contributed by atoms with E-state index >= 15 is 0 Å². The molecule has 2 atom stereocenters. The second kappa shape index (κ2) is 9.25. The zero-order valence-electron chi connectivity index (χ0n) is 17.9. The fraction of sp³-hybridized carbons (Fsp3) is 0.583. The molecule has 1 N–H and O–H groups in total. The summed E-state index contributed by atoms with van der Waals surface area (Å²) >= 11 is 0. The Morgan fingerprint density at radius 3 is 2.54 bits per heavy atom. The maximum absolute atomic E-state index is 5.99. The SMILES string of the molecule is CN(C)CC1(CNCCC(c2ccccc2)c2ccco2)CCOC(C)(C)C1. The summed E-state index contributed by atoms with van der Waals surface area (Å²) < 4.78 is 11.7. The van der Waals surface area contributed by atoms with Gasteiger partial charge in [-0.05, 0) is 71.4 Å². The molecule has 1 aliphatic rings. The summed E-state index contributed by atoms with van der Waals surface area (Å²) in [6.07, 6.45) is 5.00.